The zero-order valence-corrected chi connectivity index (χ0v) is 11.2. The highest BCUT2D eigenvalue weighted by atomic mass is 16.4. The number of benzene rings is 1. The third kappa shape index (κ3) is 3.48. The highest BCUT2D eigenvalue weighted by molar-refractivity contribution is 5.97. The van der Waals surface area contributed by atoms with Crippen molar-refractivity contribution in [3.8, 4) is 0 Å². The number of rotatable bonds is 6. The number of nitrogens with zero attached hydrogens (tertiary/aromatic N) is 2. The van der Waals surface area contributed by atoms with Gasteiger partial charge in [-0.1, -0.05) is 29.4 Å². The van der Waals surface area contributed by atoms with Gasteiger partial charge in [-0.25, -0.2) is 0 Å². The fourth-order valence-electron chi connectivity index (χ4n) is 2.13. The van der Waals surface area contributed by atoms with E-state index in [9.17, 15) is 4.79 Å². The van der Waals surface area contributed by atoms with E-state index >= 15 is 0 Å². The first kappa shape index (κ1) is 14.3. The van der Waals surface area contributed by atoms with Crippen molar-refractivity contribution in [2.45, 2.75) is 25.3 Å². The van der Waals surface area contributed by atoms with Crippen LogP contribution in [-0.2, 0) is 11.2 Å². The molecule has 1 amide bonds. The lowest BCUT2D eigenvalue weighted by molar-refractivity contribution is -0.131. The van der Waals surface area contributed by atoms with Crippen molar-refractivity contribution in [1.29, 1.82) is 0 Å². The molecule has 0 bridgehead atoms. The summed E-state index contributed by atoms with van der Waals surface area (Å²) in [6, 6.07) is 7.30. The first-order valence-electron chi connectivity index (χ1n) is 6.63. The molecule has 108 valence electrons. The van der Waals surface area contributed by atoms with Crippen LogP contribution in [0.4, 0.5) is 0 Å². The van der Waals surface area contributed by atoms with Crippen molar-refractivity contribution in [3.05, 3.63) is 35.4 Å². The zero-order chi connectivity index (χ0) is 14.5. The smallest absolute Gasteiger partial charge is 0.227 e. The number of oxime groups is 1. The Morgan fingerprint density at radius 1 is 1.35 bits per heavy atom. The molecule has 1 aromatic carbocycles. The van der Waals surface area contributed by atoms with Gasteiger partial charge in [-0.2, -0.15) is 0 Å². The monoisotopic (exact) mass is 277 g/mol. The molecule has 1 aliphatic rings. The highest BCUT2D eigenvalue weighted by Gasteiger charge is 2.31. The Bertz CT molecular complexity index is 495. The summed E-state index contributed by atoms with van der Waals surface area (Å²) in [4.78, 5) is 13.9. The largest absolute Gasteiger partial charge is 0.409 e. The summed E-state index contributed by atoms with van der Waals surface area (Å²) in [6.45, 7) is 0.385. The van der Waals surface area contributed by atoms with E-state index in [2.05, 4.69) is 5.16 Å². The molecule has 0 spiro atoms. The molecule has 0 radical (unpaired) electrons. The Hall–Kier alpha value is -2.08. The van der Waals surface area contributed by atoms with Crippen LogP contribution in [0.5, 0.6) is 0 Å². The molecule has 0 saturated heterocycles. The number of hydrogen-bond donors (Lipinski definition) is 3. The quantitative estimate of drug-likeness (QED) is 0.301. The van der Waals surface area contributed by atoms with E-state index in [1.807, 2.05) is 0 Å². The van der Waals surface area contributed by atoms with Gasteiger partial charge < -0.3 is 20.9 Å². The zero-order valence-electron chi connectivity index (χ0n) is 11.2. The van der Waals surface area contributed by atoms with Crippen molar-refractivity contribution in [2.75, 3.05) is 13.2 Å². The van der Waals surface area contributed by atoms with Crippen molar-refractivity contribution in [2.24, 2.45) is 10.9 Å². The van der Waals surface area contributed by atoms with Crippen LogP contribution in [0.2, 0.25) is 0 Å². The van der Waals surface area contributed by atoms with Gasteiger partial charge in [0, 0.05) is 18.2 Å². The maximum absolute atomic E-state index is 12.2. The summed E-state index contributed by atoms with van der Waals surface area (Å²) < 4.78 is 0. The average molecular weight is 277 g/mol. The molecule has 1 aromatic rings. The van der Waals surface area contributed by atoms with Crippen LogP contribution in [0.1, 0.15) is 24.0 Å². The van der Waals surface area contributed by atoms with Crippen LogP contribution >= 0.6 is 0 Å². The minimum Gasteiger partial charge on any atom is -0.409 e. The van der Waals surface area contributed by atoms with Crippen molar-refractivity contribution < 1.29 is 15.1 Å². The van der Waals surface area contributed by atoms with E-state index in [-0.39, 0.29) is 18.3 Å². The number of hydrogen-bond acceptors (Lipinski definition) is 4. The number of carbonyl (C=O) groups excluding carboxylic acids is 1. The summed E-state index contributed by atoms with van der Waals surface area (Å²) in [5, 5.41) is 20.5. The van der Waals surface area contributed by atoms with E-state index in [1.165, 1.54) is 0 Å². The molecule has 0 aromatic heterocycles. The Balaban J connectivity index is 2.00. The van der Waals surface area contributed by atoms with Crippen molar-refractivity contribution in [1.82, 2.24) is 4.90 Å². The van der Waals surface area contributed by atoms with Gasteiger partial charge in [-0.05, 0) is 18.4 Å². The number of aliphatic hydroxyl groups is 1. The maximum atomic E-state index is 12.2. The van der Waals surface area contributed by atoms with Gasteiger partial charge in [0.1, 0.15) is 0 Å². The lowest BCUT2D eigenvalue weighted by atomic mass is 10.1. The molecule has 0 atom stereocenters. The standard InChI is InChI=1S/C14H19N3O3/c15-14(16-20)11-3-1-10(2-4-11)9-13(19)17(7-8-18)12-5-6-12/h1-4,12,18,20H,5-9H2,(H2,15,16). The van der Waals surface area contributed by atoms with Gasteiger partial charge in [-0.3, -0.25) is 4.79 Å². The van der Waals surface area contributed by atoms with Crippen LogP contribution in [-0.4, -0.2) is 46.1 Å². The first-order chi connectivity index (χ1) is 9.65. The van der Waals surface area contributed by atoms with E-state index in [0.717, 1.165) is 18.4 Å². The van der Waals surface area contributed by atoms with Crippen LogP contribution in [0.15, 0.2) is 29.4 Å². The third-order valence-corrected chi connectivity index (χ3v) is 3.36. The molecule has 0 aliphatic heterocycles. The Kier molecular flexibility index (Phi) is 4.57. The molecule has 1 fully saturated rings. The molecule has 2 rings (SSSR count). The fourth-order valence-corrected chi connectivity index (χ4v) is 2.13. The molecule has 6 nitrogen and oxygen atoms in total. The molecule has 20 heavy (non-hydrogen) atoms. The van der Waals surface area contributed by atoms with Crippen LogP contribution in [0.3, 0.4) is 0 Å². The van der Waals surface area contributed by atoms with Crippen molar-refractivity contribution >= 4 is 11.7 Å². The van der Waals surface area contributed by atoms with Gasteiger partial charge >= 0.3 is 0 Å². The normalized spacial score (nSPS) is 15.2. The molecule has 0 heterocycles. The topological polar surface area (TPSA) is 99.2 Å². The number of aliphatic hydroxyl groups excluding tert-OH is 1. The number of amidine groups is 1. The number of amides is 1. The van der Waals surface area contributed by atoms with Crippen LogP contribution in [0, 0.1) is 0 Å². The Morgan fingerprint density at radius 3 is 2.50 bits per heavy atom. The summed E-state index contributed by atoms with van der Waals surface area (Å²) in [5.41, 5.74) is 6.96. The number of carbonyl (C=O) groups is 1. The van der Waals surface area contributed by atoms with Crippen LogP contribution < -0.4 is 5.73 Å². The fraction of sp³-hybridized carbons (Fsp3) is 0.429. The second kappa shape index (κ2) is 6.38. The average Bonchev–Trinajstić information content (AvgIpc) is 3.29. The van der Waals surface area contributed by atoms with Crippen molar-refractivity contribution in [3.63, 3.8) is 0 Å². The van der Waals surface area contributed by atoms with E-state index in [4.69, 9.17) is 16.0 Å². The predicted octanol–water partition coefficient (Wildman–Crippen LogP) is 0.307. The lowest BCUT2D eigenvalue weighted by Crippen LogP contribution is -2.36. The molecule has 0 unspecified atom stereocenters. The molecule has 1 saturated carbocycles. The molecule has 1 aliphatic carbocycles. The summed E-state index contributed by atoms with van der Waals surface area (Å²) >= 11 is 0. The van der Waals surface area contributed by atoms with Gasteiger partial charge in [-0.15, -0.1) is 0 Å². The minimum atomic E-state index is -0.00925. The maximum Gasteiger partial charge on any atom is 0.227 e. The number of nitrogens with two attached hydrogens (primary N) is 1. The molecular weight excluding hydrogens is 258 g/mol. The highest BCUT2D eigenvalue weighted by Crippen LogP contribution is 2.27. The third-order valence-electron chi connectivity index (χ3n) is 3.36. The molecule has 6 heteroatoms. The first-order valence-corrected chi connectivity index (χ1v) is 6.63. The van der Waals surface area contributed by atoms with Gasteiger partial charge in [0.2, 0.25) is 5.91 Å². The molecular formula is C14H19N3O3. The van der Waals surface area contributed by atoms with E-state index in [0.29, 0.717) is 24.6 Å². The lowest BCUT2D eigenvalue weighted by Gasteiger charge is -2.21. The summed E-state index contributed by atoms with van der Waals surface area (Å²) in [6.07, 6.45) is 2.34. The van der Waals surface area contributed by atoms with Crippen LogP contribution in [0.25, 0.3) is 0 Å². The van der Waals surface area contributed by atoms with E-state index in [1.54, 1.807) is 29.2 Å². The van der Waals surface area contributed by atoms with Gasteiger partial charge in [0.15, 0.2) is 5.84 Å². The van der Waals surface area contributed by atoms with Gasteiger partial charge in [0.25, 0.3) is 0 Å². The second-order valence-electron chi connectivity index (χ2n) is 4.90. The van der Waals surface area contributed by atoms with Gasteiger partial charge in [0.05, 0.1) is 13.0 Å². The Labute approximate surface area is 117 Å². The molecule has 4 N–H and O–H groups in total. The second-order valence-corrected chi connectivity index (χ2v) is 4.90. The minimum absolute atomic E-state index is 0.00925. The summed E-state index contributed by atoms with van der Waals surface area (Å²) in [5.74, 6) is 0.0702. The summed E-state index contributed by atoms with van der Waals surface area (Å²) in [7, 11) is 0. The Morgan fingerprint density at radius 2 is 2.00 bits per heavy atom. The predicted molar refractivity (Wildman–Crippen MR) is 74.5 cm³/mol. The SMILES string of the molecule is NC(=NO)c1ccc(CC(=O)N(CCO)C2CC2)cc1. The van der Waals surface area contributed by atoms with E-state index < -0.39 is 0 Å².